The molecule has 0 spiro atoms. The number of methoxy groups -OCH3 is 1. The first kappa shape index (κ1) is 23.1. The number of aldehydes is 1. The maximum absolute atomic E-state index is 10.4. The molecule has 160 valence electrons. The molecule has 1 aromatic heterocycles. The number of rotatable bonds is 14. The predicted octanol–water partition coefficient (Wildman–Crippen LogP) is 5.27. The second kappa shape index (κ2) is 12.4. The highest BCUT2D eigenvalue weighted by Crippen LogP contribution is 2.34. The number of ether oxygens (including phenoxy) is 2. The van der Waals surface area contributed by atoms with Gasteiger partial charge in [0.2, 0.25) is 0 Å². The molecule has 0 bridgehead atoms. The first-order valence-electron chi connectivity index (χ1n) is 10.2. The Hall–Kier alpha value is -3.15. The zero-order valence-corrected chi connectivity index (χ0v) is 17.9. The summed E-state index contributed by atoms with van der Waals surface area (Å²) in [5.74, 6) is 2.01. The number of carbonyl (C=O) groups excluding carboxylic acids is 1. The maximum Gasteiger partial charge on any atom is 0.162 e. The second-order valence-corrected chi connectivity index (χ2v) is 6.93. The van der Waals surface area contributed by atoms with Gasteiger partial charge in [-0.25, -0.2) is 9.97 Å². The Morgan fingerprint density at radius 2 is 1.97 bits per heavy atom. The molecular formula is C24H31N3O3. The predicted molar refractivity (Wildman–Crippen MR) is 122 cm³/mol. The van der Waals surface area contributed by atoms with Crippen molar-refractivity contribution in [3.8, 4) is 11.5 Å². The van der Waals surface area contributed by atoms with Gasteiger partial charge in [0.25, 0.3) is 0 Å². The van der Waals surface area contributed by atoms with Gasteiger partial charge in [0.1, 0.15) is 18.4 Å². The fourth-order valence-electron chi connectivity index (χ4n) is 3.13. The van der Waals surface area contributed by atoms with Gasteiger partial charge in [-0.05, 0) is 31.4 Å². The SMILES string of the molecule is C=C/C=C(\C=C)C(C)Nc1ncnc2cc(OC)c(OCCCCCCC=O)cc12. The average Bonchev–Trinajstić information content (AvgIpc) is 2.76. The first-order valence-corrected chi connectivity index (χ1v) is 10.2. The van der Waals surface area contributed by atoms with Crippen LogP contribution in [0.25, 0.3) is 10.9 Å². The van der Waals surface area contributed by atoms with Crippen molar-refractivity contribution in [3.05, 3.63) is 55.4 Å². The van der Waals surface area contributed by atoms with Crippen LogP contribution >= 0.6 is 0 Å². The molecule has 0 saturated carbocycles. The van der Waals surface area contributed by atoms with Gasteiger partial charge in [-0.15, -0.1) is 0 Å². The number of carbonyl (C=O) groups is 1. The third-order valence-corrected chi connectivity index (χ3v) is 4.79. The van der Waals surface area contributed by atoms with E-state index in [1.165, 1.54) is 6.33 Å². The highest BCUT2D eigenvalue weighted by atomic mass is 16.5. The highest BCUT2D eigenvalue weighted by molar-refractivity contribution is 5.91. The van der Waals surface area contributed by atoms with Crippen LogP contribution in [0.4, 0.5) is 5.82 Å². The molecule has 0 fully saturated rings. The van der Waals surface area contributed by atoms with Crippen LogP contribution in [-0.4, -0.2) is 36.0 Å². The third kappa shape index (κ3) is 6.44. The van der Waals surface area contributed by atoms with Crippen LogP contribution in [0, 0.1) is 0 Å². The largest absolute Gasteiger partial charge is 0.493 e. The molecule has 0 amide bonds. The number of hydrogen-bond acceptors (Lipinski definition) is 6. The first-order chi connectivity index (χ1) is 14.6. The van der Waals surface area contributed by atoms with E-state index >= 15 is 0 Å². The number of nitrogens with one attached hydrogen (secondary N) is 1. The number of nitrogens with zero attached hydrogens (tertiary/aromatic N) is 2. The van der Waals surface area contributed by atoms with E-state index in [9.17, 15) is 4.79 Å². The summed E-state index contributed by atoms with van der Waals surface area (Å²) in [5, 5.41) is 4.27. The lowest BCUT2D eigenvalue weighted by atomic mass is 10.1. The van der Waals surface area contributed by atoms with Crippen LogP contribution in [0.2, 0.25) is 0 Å². The normalized spacial score (nSPS) is 12.3. The summed E-state index contributed by atoms with van der Waals surface area (Å²) in [7, 11) is 1.62. The van der Waals surface area contributed by atoms with Crippen molar-refractivity contribution < 1.29 is 14.3 Å². The summed E-state index contributed by atoms with van der Waals surface area (Å²) in [5.41, 5.74) is 1.78. The minimum atomic E-state index is -0.00330. The quantitative estimate of drug-likeness (QED) is 0.260. The number of allylic oxidation sites excluding steroid dienone is 2. The molecule has 0 saturated heterocycles. The Labute approximate surface area is 178 Å². The van der Waals surface area contributed by atoms with E-state index in [0.29, 0.717) is 30.3 Å². The van der Waals surface area contributed by atoms with Crippen molar-refractivity contribution in [2.45, 2.75) is 45.1 Å². The standard InChI is InChI=1S/C24H31N3O3/c1-5-12-19(6-2)18(3)27-24-20-15-23(30-14-11-9-7-8-10-13-28)22(29-4)16-21(20)25-17-26-24/h5-6,12-13,15-18H,1-2,7-11,14H2,3-4H3,(H,25,26,27)/b19-12+. The fraction of sp³-hybridized carbons (Fsp3) is 0.375. The van der Waals surface area contributed by atoms with Gasteiger partial charge in [0.05, 0.1) is 19.2 Å². The molecule has 1 N–H and O–H groups in total. The molecule has 0 aliphatic rings. The number of hydrogen-bond donors (Lipinski definition) is 1. The molecule has 1 unspecified atom stereocenters. The smallest absolute Gasteiger partial charge is 0.162 e. The molecule has 30 heavy (non-hydrogen) atoms. The Kier molecular flexibility index (Phi) is 9.58. The van der Waals surface area contributed by atoms with Gasteiger partial charge in [-0.2, -0.15) is 0 Å². The lowest BCUT2D eigenvalue weighted by Gasteiger charge is -2.18. The average molecular weight is 410 g/mol. The number of fused-ring (bicyclic) bond motifs is 1. The zero-order chi connectivity index (χ0) is 21.8. The van der Waals surface area contributed by atoms with E-state index in [1.54, 1.807) is 19.3 Å². The van der Waals surface area contributed by atoms with Crippen LogP contribution in [0.5, 0.6) is 11.5 Å². The molecule has 1 heterocycles. The summed E-state index contributed by atoms with van der Waals surface area (Å²) >= 11 is 0. The molecule has 6 heteroatoms. The van der Waals surface area contributed by atoms with Crippen LogP contribution in [0.1, 0.15) is 39.0 Å². The minimum Gasteiger partial charge on any atom is -0.493 e. The monoisotopic (exact) mass is 409 g/mol. The Morgan fingerprint density at radius 1 is 1.17 bits per heavy atom. The van der Waals surface area contributed by atoms with E-state index in [2.05, 4.69) is 28.4 Å². The van der Waals surface area contributed by atoms with E-state index in [1.807, 2.05) is 25.1 Å². The summed E-state index contributed by atoms with van der Waals surface area (Å²) < 4.78 is 11.5. The van der Waals surface area contributed by atoms with Crippen molar-refractivity contribution in [3.63, 3.8) is 0 Å². The Morgan fingerprint density at radius 3 is 2.67 bits per heavy atom. The molecule has 1 aromatic carbocycles. The lowest BCUT2D eigenvalue weighted by Crippen LogP contribution is -2.18. The fourth-order valence-corrected chi connectivity index (χ4v) is 3.13. The summed E-state index contributed by atoms with van der Waals surface area (Å²) in [6.07, 6.45) is 12.5. The number of anilines is 1. The molecule has 0 aliphatic heterocycles. The molecule has 2 rings (SSSR count). The molecule has 2 aromatic rings. The lowest BCUT2D eigenvalue weighted by molar-refractivity contribution is -0.107. The molecular weight excluding hydrogens is 378 g/mol. The van der Waals surface area contributed by atoms with E-state index in [4.69, 9.17) is 9.47 Å². The van der Waals surface area contributed by atoms with Crippen LogP contribution < -0.4 is 14.8 Å². The van der Waals surface area contributed by atoms with Crippen LogP contribution in [0.15, 0.2) is 55.4 Å². The van der Waals surface area contributed by atoms with Crippen molar-refractivity contribution in [2.24, 2.45) is 0 Å². The van der Waals surface area contributed by atoms with E-state index < -0.39 is 0 Å². The Balaban J connectivity index is 2.18. The summed E-state index contributed by atoms with van der Waals surface area (Å²) in [6, 6.07) is 3.78. The molecule has 1 atom stereocenters. The van der Waals surface area contributed by atoms with Gasteiger partial charge < -0.3 is 19.6 Å². The third-order valence-electron chi connectivity index (χ3n) is 4.79. The van der Waals surface area contributed by atoms with E-state index in [-0.39, 0.29) is 6.04 Å². The van der Waals surface area contributed by atoms with Gasteiger partial charge >= 0.3 is 0 Å². The second-order valence-electron chi connectivity index (χ2n) is 6.93. The van der Waals surface area contributed by atoms with Crippen LogP contribution in [-0.2, 0) is 4.79 Å². The maximum atomic E-state index is 10.4. The number of unbranched alkanes of at least 4 members (excludes halogenated alkanes) is 4. The van der Waals surface area contributed by atoms with Gasteiger partial charge in [0, 0.05) is 23.9 Å². The van der Waals surface area contributed by atoms with Gasteiger partial charge in [0.15, 0.2) is 11.5 Å². The number of aromatic nitrogens is 2. The van der Waals surface area contributed by atoms with Crippen molar-refractivity contribution in [2.75, 3.05) is 19.0 Å². The highest BCUT2D eigenvalue weighted by Gasteiger charge is 2.14. The number of benzene rings is 1. The Bertz CT molecular complexity index is 893. The van der Waals surface area contributed by atoms with E-state index in [0.717, 1.165) is 48.4 Å². The van der Waals surface area contributed by atoms with Gasteiger partial charge in [-0.3, -0.25) is 0 Å². The summed E-state index contributed by atoms with van der Waals surface area (Å²) in [4.78, 5) is 19.2. The van der Waals surface area contributed by atoms with Crippen molar-refractivity contribution >= 4 is 23.0 Å². The van der Waals surface area contributed by atoms with Crippen molar-refractivity contribution in [1.29, 1.82) is 0 Å². The molecule has 0 aliphatic carbocycles. The zero-order valence-electron chi connectivity index (χ0n) is 17.9. The van der Waals surface area contributed by atoms with Crippen molar-refractivity contribution in [1.82, 2.24) is 9.97 Å². The topological polar surface area (TPSA) is 73.3 Å². The van der Waals surface area contributed by atoms with Gasteiger partial charge in [-0.1, -0.05) is 44.2 Å². The summed E-state index contributed by atoms with van der Waals surface area (Å²) in [6.45, 7) is 10.2. The van der Waals surface area contributed by atoms with Crippen LogP contribution in [0.3, 0.4) is 0 Å². The molecule has 6 nitrogen and oxygen atoms in total. The molecule has 0 radical (unpaired) electrons. The minimum absolute atomic E-state index is 0.00330.